The van der Waals surface area contributed by atoms with E-state index in [2.05, 4.69) is 5.32 Å². The number of hydrogen-bond donors (Lipinski definition) is 1. The van der Waals surface area contributed by atoms with Crippen LogP contribution < -0.4 is 5.32 Å². The molecule has 2 amide bonds. The molecule has 20 heavy (non-hydrogen) atoms. The van der Waals surface area contributed by atoms with Crippen LogP contribution in [0.15, 0.2) is 0 Å². The van der Waals surface area contributed by atoms with E-state index in [0.717, 1.165) is 17.7 Å². The van der Waals surface area contributed by atoms with Crippen LogP contribution >= 0.6 is 0 Å². The monoisotopic (exact) mass is 292 g/mol. The molecule has 0 aromatic rings. The summed E-state index contributed by atoms with van der Waals surface area (Å²) in [6, 6.07) is -1.80. The summed E-state index contributed by atoms with van der Waals surface area (Å²) in [6.45, 7) is 2.14. The smallest absolute Gasteiger partial charge is 0.342 e. The summed E-state index contributed by atoms with van der Waals surface area (Å²) < 4.78 is 38.1. The molecule has 1 aliphatic carbocycles. The Kier molecular flexibility index (Phi) is 3.97. The van der Waals surface area contributed by atoms with Crippen molar-refractivity contribution in [1.82, 2.24) is 10.2 Å². The number of halogens is 3. The number of alkyl halides is 3. The lowest BCUT2D eigenvalue weighted by atomic mass is 9.92. The number of nitrogens with one attached hydrogen (secondary N) is 1. The van der Waals surface area contributed by atoms with E-state index in [-0.39, 0.29) is 11.8 Å². The minimum atomic E-state index is -4.49. The van der Waals surface area contributed by atoms with Gasteiger partial charge in [0.25, 0.3) is 0 Å². The molecule has 1 saturated heterocycles. The summed E-state index contributed by atoms with van der Waals surface area (Å²) >= 11 is 0. The third kappa shape index (κ3) is 3.07. The van der Waals surface area contributed by atoms with Crippen molar-refractivity contribution < 1.29 is 22.8 Å². The zero-order valence-electron chi connectivity index (χ0n) is 11.5. The molecule has 2 fully saturated rings. The SMILES string of the molecule is CCC(C)C1C(=O)NC(C2CC2)C(=O)N1CC(F)(F)F. The van der Waals surface area contributed by atoms with Crippen LogP contribution in [-0.4, -0.2) is 41.5 Å². The summed E-state index contributed by atoms with van der Waals surface area (Å²) in [5, 5.41) is 2.61. The highest BCUT2D eigenvalue weighted by Gasteiger charge is 2.50. The maximum absolute atomic E-state index is 12.7. The molecule has 0 bridgehead atoms. The molecule has 0 aromatic heterocycles. The van der Waals surface area contributed by atoms with E-state index in [1.165, 1.54) is 0 Å². The third-order valence-corrected chi connectivity index (χ3v) is 4.08. The largest absolute Gasteiger partial charge is 0.406 e. The first-order valence-electron chi connectivity index (χ1n) is 6.92. The minimum Gasteiger partial charge on any atom is -0.342 e. The van der Waals surface area contributed by atoms with Gasteiger partial charge in [0.2, 0.25) is 11.8 Å². The standard InChI is InChI=1S/C13H19F3N2O2/c1-3-7(2)10-11(19)17-9(8-4-5-8)12(20)18(10)6-13(14,15)16/h7-10H,3-6H2,1-2H3,(H,17,19). The van der Waals surface area contributed by atoms with Crippen molar-refractivity contribution in [2.75, 3.05) is 6.54 Å². The average Bonchev–Trinajstić information content (AvgIpc) is 3.15. The second-order valence-electron chi connectivity index (χ2n) is 5.74. The average molecular weight is 292 g/mol. The van der Waals surface area contributed by atoms with Crippen LogP contribution in [0, 0.1) is 11.8 Å². The van der Waals surface area contributed by atoms with Gasteiger partial charge < -0.3 is 10.2 Å². The highest BCUT2D eigenvalue weighted by molar-refractivity contribution is 5.97. The van der Waals surface area contributed by atoms with Crippen LogP contribution in [0.2, 0.25) is 0 Å². The molecule has 4 nitrogen and oxygen atoms in total. The molecule has 0 radical (unpaired) electrons. The molecule has 1 saturated carbocycles. The Labute approximate surface area is 115 Å². The Morgan fingerprint density at radius 2 is 1.95 bits per heavy atom. The van der Waals surface area contributed by atoms with Gasteiger partial charge >= 0.3 is 6.18 Å². The zero-order chi connectivity index (χ0) is 15.1. The molecule has 0 spiro atoms. The maximum atomic E-state index is 12.7. The van der Waals surface area contributed by atoms with Crippen LogP contribution in [0.5, 0.6) is 0 Å². The van der Waals surface area contributed by atoms with Crippen LogP contribution in [-0.2, 0) is 9.59 Å². The Hall–Kier alpha value is -1.27. The van der Waals surface area contributed by atoms with Crippen molar-refractivity contribution in [2.24, 2.45) is 11.8 Å². The highest BCUT2D eigenvalue weighted by Crippen LogP contribution is 2.36. The summed E-state index contributed by atoms with van der Waals surface area (Å²) in [6.07, 6.45) is -2.39. The van der Waals surface area contributed by atoms with Gasteiger partial charge in [-0.25, -0.2) is 0 Å². The number of piperazine rings is 1. The molecule has 0 aromatic carbocycles. The van der Waals surface area contributed by atoms with Crippen LogP contribution in [0.3, 0.4) is 0 Å². The molecule has 114 valence electrons. The molecule has 3 unspecified atom stereocenters. The maximum Gasteiger partial charge on any atom is 0.406 e. The lowest BCUT2D eigenvalue weighted by molar-refractivity contribution is -0.176. The molecule has 1 heterocycles. The number of rotatable bonds is 4. The van der Waals surface area contributed by atoms with Gasteiger partial charge in [-0.05, 0) is 24.7 Å². The number of hydrogen-bond acceptors (Lipinski definition) is 2. The van der Waals surface area contributed by atoms with Crippen LogP contribution in [0.1, 0.15) is 33.1 Å². The van der Waals surface area contributed by atoms with Gasteiger partial charge in [0.05, 0.1) is 0 Å². The summed E-state index contributed by atoms with van der Waals surface area (Å²) in [5.41, 5.74) is 0. The van der Waals surface area contributed by atoms with Crippen molar-refractivity contribution in [1.29, 1.82) is 0 Å². The first-order valence-corrected chi connectivity index (χ1v) is 6.92. The molecule has 7 heteroatoms. The van der Waals surface area contributed by atoms with Gasteiger partial charge in [-0.15, -0.1) is 0 Å². The lowest BCUT2D eigenvalue weighted by Crippen LogP contribution is -2.66. The molecule has 1 aliphatic heterocycles. The second-order valence-corrected chi connectivity index (χ2v) is 5.74. The third-order valence-electron chi connectivity index (χ3n) is 4.08. The van der Waals surface area contributed by atoms with Crippen molar-refractivity contribution in [2.45, 2.75) is 51.4 Å². The van der Waals surface area contributed by atoms with Crippen molar-refractivity contribution in [3.05, 3.63) is 0 Å². The summed E-state index contributed by atoms with van der Waals surface area (Å²) in [4.78, 5) is 25.1. The molecular formula is C13H19F3N2O2. The van der Waals surface area contributed by atoms with Gasteiger partial charge in [-0.2, -0.15) is 13.2 Å². The fourth-order valence-electron chi connectivity index (χ4n) is 2.66. The fraction of sp³-hybridized carbons (Fsp3) is 0.846. The van der Waals surface area contributed by atoms with E-state index < -0.39 is 36.6 Å². The summed E-state index contributed by atoms with van der Waals surface area (Å²) in [5.74, 6) is -1.35. The van der Waals surface area contributed by atoms with Gasteiger partial charge in [-0.1, -0.05) is 20.3 Å². The molecular weight excluding hydrogens is 273 g/mol. The van der Waals surface area contributed by atoms with Crippen LogP contribution in [0.4, 0.5) is 13.2 Å². The van der Waals surface area contributed by atoms with E-state index in [0.29, 0.717) is 6.42 Å². The predicted octanol–water partition coefficient (Wildman–Crippen LogP) is 1.70. The predicted molar refractivity (Wildman–Crippen MR) is 65.7 cm³/mol. The van der Waals surface area contributed by atoms with E-state index in [1.807, 2.05) is 0 Å². The van der Waals surface area contributed by atoms with Crippen molar-refractivity contribution in [3.8, 4) is 0 Å². The Morgan fingerprint density at radius 1 is 1.35 bits per heavy atom. The molecule has 3 atom stereocenters. The van der Waals surface area contributed by atoms with E-state index in [4.69, 9.17) is 0 Å². The fourth-order valence-corrected chi connectivity index (χ4v) is 2.66. The number of carbonyl (C=O) groups is 2. The Balaban J connectivity index is 2.25. The Morgan fingerprint density at radius 3 is 2.40 bits per heavy atom. The van der Waals surface area contributed by atoms with E-state index in [9.17, 15) is 22.8 Å². The minimum absolute atomic E-state index is 0.0000614. The van der Waals surface area contributed by atoms with Gasteiger partial charge in [0.1, 0.15) is 18.6 Å². The molecule has 2 aliphatic rings. The lowest BCUT2D eigenvalue weighted by Gasteiger charge is -2.41. The quantitative estimate of drug-likeness (QED) is 0.857. The second kappa shape index (κ2) is 5.26. The van der Waals surface area contributed by atoms with Gasteiger partial charge in [-0.3, -0.25) is 9.59 Å². The number of carbonyl (C=O) groups excluding carboxylic acids is 2. The van der Waals surface area contributed by atoms with E-state index >= 15 is 0 Å². The zero-order valence-corrected chi connectivity index (χ0v) is 11.5. The van der Waals surface area contributed by atoms with Crippen molar-refractivity contribution >= 4 is 11.8 Å². The first kappa shape index (κ1) is 15.1. The molecule has 1 N–H and O–H groups in total. The summed E-state index contributed by atoms with van der Waals surface area (Å²) in [7, 11) is 0. The van der Waals surface area contributed by atoms with E-state index in [1.54, 1.807) is 13.8 Å². The first-order chi connectivity index (χ1) is 9.24. The normalized spacial score (nSPS) is 29.4. The van der Waals surface area contributed by atoms with Crippen LogP contribution in [0.25, 0.3) is 0 Å². The van der Waals surface area contributed by atoms with Crippen molar-refractivity contribution in [3.63, 3.8) is 0 Å². The Bertz CT molecular complexity index is 407. The number of nitrogens with zero attached hydrogens (tertiary/aromatic N) is 1. The molecule has 2 rings (SSSR count). The van der Waals surface area contributed by atoms with Gasteiger partial charge in [0, 0.05) is 0 Å². The van der Waals surface area contributed by atoms with Gasteiger partial charge in [0.15, 0.2) is 0 Å². The topological polar surface area (TPSA) is 49.4 Å². The number of amides is 2. The highest BCUT2D eigenvalue weighted by atomic mass is 19.4.